The molecule has 0 radical (unpaired) electrons. The van der Waals surface area contributed by atoms with Crippen LogP contribution in [0.4, 0.5) is 0 Å². The second-order valence-corrected chi connectivity index (χ2v) is 2.46. The smallest absolute Gasteiger partial charge is 0.0811 e. The molecular weight excluding hydrogens is 152 g/mol. The van der Waals surface area contributed by atoms with Crippen LogP contribution in [-0.4, -0.2) is 31.6 Å². The molecule has 0 unspecified atom stereocenters. The first-order chi connectivity index (χ1) is 5.81. The van der Waals surface area contributed by atoms with Gasteiger partial charge in [0, 0.05) is 0 Å². The predicted octanol–water partition coefficient (Wildman–Crippen LogP) is 2.51. The SMILES string of the molecule is CC.CCN(C)CCCCN=O. The van der Waals surface area contributed by atoms with E-state index >= 15 is 0 Å². The molecule has 0 fully saturated rings. The van der Waals surface area contributed by atoms with Crippen LogP contribution in [0.25, 0.3) is 0 Å². The molecule has 3 heteroatoms. The lowest BCUT2D eigenvalue weighted by Gasteiger charge is -2.11. The van der Waals surface area contributed by atoms with Crippen LogP contribution in [0.3, 0.4) is 0 Å². The number of nitroso groups, excluding NO2 is 1. The molecule has 0 saturated heterocycles. The molecule has 74 valence electrons. The highest BCUT2D eigenvalue weighted by Crippen LogP contribution is 1.91. The minimum Gasteiger partial charge on any atom is -0.307 e. The van der Waals surface area contributed by atoms with Gasteiger partial charge in [-0.25, -0.2) is 0 Å². The van der Waals surface area contributed by atoms with Gasteiger partial charge >= 0.3 is 0 Å². The Balaban J connectivity index is 0. The standard InChI is InChI=1S/C7H16N2O.C2H6/c1-3-9(2)7-5-4-6-8-10;1-2/h3-7H2,1-2H3;1-2H3. The van der Waals surface area contributed by atoms with Crippen molar-refractivity contribution < 1.29 is 0 Å². The third-order valence-electron chi connectivity index (χ3n) is 1.58. The van der Waals surface area contributed by atoms with Crippen LogP contribution < -0.4 is 0 Å². The summed E-state index contributed by atoms with van der Waals surface area (Å²) in [5, 5.41) is 2.79. The van der Waals surface area contributed by atoms with Gasteiger partial charge in [0.25, 0.3) is 0 Å². The largest absolute Gasteiger partial charge is 0.307 e. The van der Waals surface area contributed by atoms with E-state index in [1.54, 1.807) is 0 Å². The van der Waals surface area contributed by atoms with Crippen LogP contribution in [0.2, 0.25) is 0 Å². The lowest BCUT2D eigenvalue weighted by molar-refractivity contribution is 0.344. The van der Waals surface area contributed by atoms with Crippen molar-refractivity contribution in [2.45, 2.75) is 33.6 Å². The second kappa shape index (κ2) is 13.2. The van der Waals surface area contributed by atoms with Crippen molar-refractivity contribution in [2.75, 3.05) is 26.7 Å². The Bertz CT molecular complexity index is 86.6. The number of unbranched alkanes of at least 4 members (excludes halogenated alkanes) is 1. The minimum atomic E-state index is 0.470. The van der Waals surface area contributed by atoms with E-state index in [0.29, 0.717) is 6.54 Å². The molecule has 0 bridgehead atoms. The maximum Gasteiger partial charge on any atom is 0.0811 e. The average Bonchev–Trinajstić information content (AvgIpc) is 2.15. The molecule has 0 aliphatic carbocycles. The third kappa shape index (κ3) is 12.3. The van der Waals surface area contributed by atoms with E-state index < -0.39 is 0 Å². The first-order valence-corrected chi connectivity index (χ1v) is 4.79. The Labute approximate surface area is 76.1 Å². The maximum atomic E-state index is 9.66. The molecule has 0 N–H and O–H groups in total. The Morgan fingerprint density at radius 2 is 1.83 bits per heavy atom. The zero-order valence-corrected chi connectivity index (χ0v) is 8.84. The summed E-state index contributed by atoms with van der Waals surface area (Å²) in [7, 11) is 2.08. The number of hydrogen-bond acceptors (Lipinski definition) is 3. The van der Waals surface area contributed by atoms with Gasteiger partial charge in [-0.2, -0.15) is 4.91 Å². The van der Waals surface area contributed by atoms with Crippen molar-refractivity contribution in [3.63, 3.8) is 0 Å². The number of rotatable bonds is 6. The first kappa shape index (κ1) is 14.1. The molecule has 12 heavy (non-hydrogen) atoms. The molecule has 0 aromatic carbocycles. The Hall–Kier alpha value is -0.440. The highest BCUT2D eigenvalue weighted by Gasteiger charge is 1.92. The molecule has 0 atom stereocenters. The molecular formula is C9H22N2O. The molecule has 0 aliphatic heterocycles. The van der Waals surface area contributed by atoms with Gasteiger partial charge in [0.1, 0.15) is 0 Å². The summed E-state index contributed by atoms with van der Waals surface area (Å²) in [5.74, 6) is 0. The number of hydrogen-bond donors (Lipinski definition) is 0. The topological polar surface area (TPSA) is 32.7 Å². The van der Waals surface area contributed by atoms with Crippen LogP contribution in [-0.2, 0) is 0 Å². The zero-order valence-electron chi connectivity index (χ0n) is 8.84. The van der Waals surface area contributed by atoms with E-state index in [1.807, 2.05) is 13.8 Å². The molecule has 0 amide bonds. The van der Waals surface area contributed by atoms with Crippen molar-refractivity contribution in [1.82, 2.24) is 4.90 Å². The molecule has 0 spiro atoms. The summed E-state index contributed by atoms with van der Waals surface area (Å²) >= 11 is 0. The molecule has 3 nitrogen and oxygen atoms in total. The van der Waals surface area contributed by atoms with E-state index in [2.05, 4.69) is 24.0 Å². The van der Waals surface area contributed by atoms with Crippen molar-refractivity contribution in [2.24, 2.45) is 5.18 Å². The first-order valence-electron chi connectivity index (χ1n) is 4.79. The molecule has 0 saturated carbocycles. The van der Waals surface area contributed by atoms with Gasteiger partial charge in [-0.05, 0) is 33.0 Å². The summed E-state index contributed by atoms with van der Waals surface area (Å²) in [5.41, 5.74) is 0. The highest BCUT2D eigenvalue weighted by atomic mass is 16.3. The van der Waals surface area contributed by atoms with Crippen LogP contribution >= 0.6 is 0 Å². The summed E-state index contributed by atoms with van der Waals surface area (Å²) < 4.78 is 0. The third-order valence-corrected chi connectivity index (χ3v) is 1.58. The van der Waals surface area contributed by atoms with Crippen LogP contribution in [0.15, 0.2) is 5.18 Å². The van der Waals surface area contributed by atoms with E-state index in [0.717, 1.165) is 25.9 Å². The van der Waals surface area contributed by atoms with Crippen LogP contribution in [0.5, 0.6) is 0 Å². The van der Waals surface area contributed by atoms with Gasteiger partial charge in [-0.15, -0.1) is 0 Å². The van der Waals surface area contributed by atoms with Gasteiger partial charge < -0.3 is 4.90 Å². The summed E-state index contributed by atoms with van der Waals surface area (Å²) in [6.45, 7) is 8.75. The fourth-order valence-electron chi connectivity index (χ4n) is 0.716. The molecule has 0 heterocycles. The van der Waals surface area contributed by atoms with Crippen molar-refractivity contribution in [3.8, 4) is 0 Å². The molecule has 0 aromatic rings. The average molecular weight is 174 g/mol. The van der Waals surface area contributed by atoms with Crippen molar-refractivity contribution in [3.05, 3.63) is 4.91 Å². The molecule has 0 aliphatic rings. The van der Waals surface area contributed by atoms with Crippen molar-refractivity contribution in [1.29, 1.82) is 0 Å². The van der Waals surface area contributed by atoms with Crippen molar-refractivity contribution >= 4 is 0 Å². The second-order valence-electron chi connectivity index (χ2n) is 2.46. The van der Waals surface area contributed by atoms with E-state index in [4.69, 9.17) is 0 Å². The summed E-state index contributed by atoms with van der Waals surface area (Å²) in [6.07, 6.45) is 2.00. The van der Waals surface area contributed by atoms with Crippen LogP contribution in [0, 0.1) is 4.91 Å². The lowest BCUT2D eigenvalue weighted by Crippen LogP contribution is -2.18. The van der Waals surface area contributed by atoms with Crippen LogP contribution in [0.1, 0.15) is 33.6 Å². The van der Waals surface area contributed by atoms with Gasteiger partial charge in [-0.1, -0.05) is 25.9 Å². The lowest BCUT2D eigenvalue weighted by atomic mass is 10.3. The fourth-order valence-corrected chi connectivity index (χ4v) is 0.716. The minimum absolute atomic E-state index is 0.470. The number of nitrogens with zero attached hydrogens (tertiary/aromatic N) is 2. The predicted molar refractivity (Wildman–Crippen MR) is 54.4 cm³/mol. The van der Waals surface area contributed by atoms with E-state index in [-0.39, 0.29) is 0 Å². The Kier molecular flexibility index (Phi) is 15.5. The van der Waals surface area contributed by atoms with Gasteiger partial charge in [0.2, 0.25) is 0 Å². The Morgan fingerprint density at radius 1 is 1.25 bits per heavy atom. The quantitative estimate of drug-likeness (QED) is 0.458. The van der Waals surface area contributed by atoms with Gasteiger partial charge in [0.05, 0.1) is 6.54 Å². The van der Waals surface area contributed by atoms with E-state index in [1.165, 1.54) is 0 Å². The Morgan fingerprint density at radius 3 is 2.25 bits per heavy atom. The summed E-state index contributed by atoms with van der Waals surface area (Å²) in [6, 6.07) is 0. The normalized spacial score (nSPS) is 9.08. The summed E-state index contributed by atoms with van der Waals surface area (Å²) in [4.78, 5) is 11.9. The highest BCUT2D eigenvalue weighted by molar-refractivity contribution is 4.49. The molecule has 0 aromatic heterocycles. The monoisotopic (exact) mass is 174 g/mol. The molecule has 0 rings (SSSR count). The zero-order chi connectivity index (χ0) is 9.82. The fraction of sp³-hybridized carbons (Fsp3) is 1.00. The van der Waals surface area contributed by atoms with Gasteiger partial charge in [0.15, 0.2) is 0 Å². The van der Waals surface area contributed by atoms with E-state index in [9.17, 15) is 4.91 Å². The maximum absolute atomic E-state index is 9.66. The van der Waals surface area contributed by atoms with Gasteiger partial charge in [-0.3, -0.25) is 0 Å².